The molecule has 3 heterocycles. The van der Waals surface area contributed by atoms with Gasteiger partial charge >= 0.3 is 0 Å². The Morgan fingerprint density at radius 3 is 2.83 bits per heavy atom. The Kier molecular flexibility index (Phi) is 2.70. The molecular weight excluding hydrogens is 226 g/mol. The van der Waals surface area contributed by atoms with E-state index in [0.29, 0.717) is 5.92 Å². The van der Waals surface area contributed by atoms with Crippen LogP contribution < -0.4 is 5.32 Å². The van der Waals surface area contributed by atoms with E-state index in [1.54, 1.807) is 0 Å². The van der Waals surface area contributed by atoms with E-state index >= 15 is 0 Å². The van der Waals surface area contributed by atoms with Crippen LogP contribution in [-0.2, 0) is 7.05 Å². The fraction of sp³-hybridized carbons (Fsp3) is 0.538. The number of rotatable bonds is 2. The Hall–Kier alpha value is -1.62. The highest BCUT2D eigenvalue weighted by atomic mass is 15.3. The first-order valence-electron chi connectivity index (χ1n) is 6.43. The Morgan fingerprint density at radius 1 is 1.39 bits per heavy atom. The van der Waals surface area contributed by atoms with Gasteiger partial charge in [0.05, 0.1) is 17.6 Å². The number of aryl methyl sites for hydroxylation is 2. The first-order chi connectivity index (χ1) is 8.66. The van der Waals surface area contributed by atoms with Gasteiger partial charge in [0.15, 0.2) is 0 Å². The quantitative estimate of drug-likeness (QED) is 0.843. The molecule has 0 aromatic carbocycles. The van der Waals surface area contributed by atoms with E-state index in [2.05, 4.69) is 27.3 Å². The number of H-pyrrole nitrogens is 1. The molecule has 1 fully saturated rings. The van der Waals surface area contributed by atoms with Gasteiger partial charge in [-0.05, 0) is 26.8 Å². The maximum atomic E-state index is 4.53. The number of nitrogens with one attached hydrogen (secondary N) is 2. The lowest BCUT2D eigenvalue weighted by Gasteiger charge is -2.03. The van der Waals surface area contributed by atoms with Gasteiger partial charge in [-0.25, -0.2) is 4.98 Å². The topological polar surface area (TPSA) is 58.5 Å². The maximum absolute atomic E-state index is 4.53. The van der Waals surface area contributed by atoms with Gasteiger partial charge in [0, 0.05) is 30.8 Å². The monoisotopic (exact) mass is 245 g/mol. The zero-order valence-corrected chi connectivity index (χ0v) is 11.1. The molecule has 0 amide bonds. The molecule has 0 saturated carbocycles. The summed E-state index contributed by atoms with van der Waals surface area (Å²) in [6, 6.07) is 0. The van der Waals surface area contributed by atoms with E-state index in [9.17, 15) is 0 Å². The number of hydrogen-bond acceptors (Lipinski definition) is 3. The predicted octanol–water partition coefficient (Wildman–Crippen LogP) is 1.50. The molecule has 1 saturated heterocycles. The summed E-state index contributed by atoms with van der Waals surface area (Å²) in [5.74, 6) is 1.62. The third kappa shape index (κ3) is 1.75. The van der Waals surface area contributed by atoms with Crippen molar-refractivity contribution in [3.05, 3.63) is 23.4 Å². The average Bonchev–Trinajstić information content (AvgIpc) is 3.01. The van der Waals surface area contributed by atoms with Crippen LogP contribution in [0.4, 0.5) is 0 Å². The zero-order chi connectivity index (χ0) is 12.7. The summed E-state index contributed by atoms with van der Waals surface area (Å²) in [5.41, 5.74) is 4.49. The van der Waals surface area contributed by atoms with E-state index in [1.165, 1.54) is 11.3 Å². The molecule has 1 aliphatic rings. The fourth-order valence-corrected chi connectivity index (χ4v) is 2.72. The van der Waals surface area contributed by atoms with Crippen molar-refractivity contribution in [2.75, 3.05) is 13.1 Å². The SMILES string of the molecule is Cc1nn(C)c(C)c1-c1cnc(C2CCNC2)[nH]1. The normalized spacial score (nSPS) is 19.6. The van der Waals surface area contributed by atoms with Crippen molar-refractivity contribution in [3.8, 4) is 11.3 Å². The van der Waals surface area contributed by atoms with E-state index in [-0.39, 0.29) is 0 Å². The van der Waals surface area contributed by atoms with Crippen LogP contribution in [0.15, 0.2) is 6.20 Å². The standard InChI is InChI=1S/C13H19N5/c1-8-12(9(2)18(3)17-8)11-7-15-13(16-11)10-4-5-14-6-10/h7,10,14H,4-6H2,1-3H3,(H,15,16). The molecule has 1 aliphatic heterocycles. The molecule has 5 nitrogen and oxygen atoms in total. The highest BCUT2D eigenvalue weighted by molar-refractivity contribution is 5.64. The minimum atomic E-state index is 0.524. The van der Waals surface area contributed by atoms with Crippen molar-refractivity contribution >= 4 is 0 Å². The molecule has 1 unspecified atom stereocenters. The van der Waals surface area contributed by atoms with E-state index in [1.807, 2.05) is 24.9 Å². The number of aromatic amines is 1. The number of nitrogens with zero attached hydrogens (tertiary/aromatic N) is 3. The Balaban J connectivity index is 1.97. The van der Waals surface area contributed by atoms with Gasteiger partial charge in [0.2, 0.25) is 0 Å². The van der Waals surface area contributed by atoms with Gasteiger partial charge in [-0.2, -0.15) is 5.10 Å². The molecule has 1 atom stereocenters. The van der Waals surface area contributed by atoms with Crippen molar-refractivity contribution in [3.63, 3.8) is 0 Å². The molecule has 96 valence electrons. The van der Waals surface area contributed by atoms with Gasteiger partial charge in [0.25, 0.3) is 0 Å². The van der Waals surface area contributed by atoms with Crippen LogP contribution in [-0.4, -0.2) is 32.8 Å². The lowest BCUT2D eigenvalue weighted by atomic mass is 10.1. The number of imidazole rings is 1. The van der Waals surface area contributed by atoms with Crippen molar-refractivity contribution < 1.29 is 0 Å². The molecule has 0 aliphatic carbocycles. The summed E-state index contributed by atoms with van der Waals surface area (Å²) in [6.07, 6.45) is 3.10. The van der Waals surface area contributed by atoms with Gasteiger partial charge < -0.3 is 10.3 Å². The number of hydrogen-bond donors (Lipinski definition) is 2. The molecular formula is C13H19N5. The van der Waals surface area contributed by atoms with Crippen LogP contribution in [0.1, 0.15) is 29.6 Å². The van der Waals surface area contributed by atoms with Gasteiger partial charge in [-0.3, -0.25) is 4.68 Å². The van der Waals surface area contributed by atoms with Crippen LogP contribution in [0.5, 0.6) is 0 Å². The Bertz CT molecular complexity index is 560. The molecule has 2 N–H and O–H groups in total. The van der Waals surface area contributed by atoms with Crippen molar-refractivity contribution in [2.24, 2.45) is 7.05 Å². The molecule has 0 radical (unpaired) electrons. The molecule has 0 spiro atoms. The molecule has 0 bridgehead atoms. The minimum Gasteiger partial charge on any atom is -0.342 e. The molecule has 2 aromatic rings. The van der Waals surface area contributed by atoms with Crippen LogP contribution in [0.2, 0.25) is 0 Å². The largest absolute Gasteiger partial charge is 0.342 e. The van der Waals surface area contributed by atoms with Crippen LogP contribution >= 0.6 is 0 Å². The van der Waals surface area contributed by atoms with Crippen LogP contribution in [0.3, 0.4) is 0 Å². The van der Waals surface area contributed by atoms with E-state index in [0.717, 1.165) is 36.7 Å². The second kappa shape index (κ2) is 4.24. The highest BCUT2D eigenvalue weighted by Gasteiger charge is 2.21. The molecule has 3 rings (SSSR count). The van der Waals surface area contributed by atoms with Crippen molar-refractivity contribution in [1.82, 2.24) is 25.1 Å². The van der Waals surface area contributed by atoms with Crippen LogP contribution in [0, 0.1) is 13.8 Å². The summed E-state index contributed by atoms with van der Waals surface area (Å²) in [7, 11) is 1.98. The smallest absolute Gasteiger partial charge is 0.110 e. The van der Waals surface area contributed by atoms with E-state index in [4.69, 9.17) is 0 Å². The summed E-state index contributed by atoms with van der Waals surface area (Å²) in [5, 5.41) is 7.82. The Morgan fingerprint density at radius 2 is 2.22 bits per heavy atom. The average molecular weight is 245 g/mol. The molecule has 18 heavy (non-hydrogen) atoms. The van der Waals surface area contributed by atoms with Gasteiger partial charge in [-0.15, -0.1) is 0 Å². The van der Waals surface area contributed by atoms with Gasteiger partial charge in [-0.1, -0.05) is 0 Å². The predicted molar refractivity (Wildman–Crippen MR) is 70.5 cm³/mol. The molecule has 5 heteroatoms. The lowest BCUT2D eigenvalue weighted by Crippen LogP contribution is -2.08. The van der Waals surface area contributed by atoms with Crippen molar-refractivity contribution in [2.45, 2.75) is 26.2 Å². The summed E-state index contributed by atoms with van der Waals surface area (Å²) < 4.78 is 1.92. The van der Waals surface area contributed by atoms with Gasteiger partial charge in [0.1, 0.15) is 5.82 Å². The number of aromatic nitrogens is 4. The second-order valence-corrected chi connectivity index (χ2v) is 5.04. The first kappa shape index (κ1) is 11.5. The summed E-state index contributed by atoms with van der Waals surface area (Å²) in [4.78, 5) is 8.00. The van der Waals surface area contributed by atoms with E-state index < -0.39 is 0 Å². The minimum absolute atomic E-state index is 0.524. The van der Waals surface area contributed by atoms with Crippen LogP contribution in [0.25, 0.3) is 11.3 Å². The summed E-state index contributed by atoms with van der Waals surface area (Å²) in [6.45, 7) is 6.25. The third-order valence-electron chi connectivity index (χ3n) is 3.82. The third-order valence-corrected chi connectivity index (χ3v) is 3.82. The maximum Gasteiger partial charge on any atom is 0.110 e. The fourth-order valence-electron chi connectivity index (χ4n) is 2.72. The first-order valence-corrected chi connectivity index (χ1v) is 6.43. The lowest BCUT2D eigenvalue weighted by molar-refractivity contribution is 0.714. The zero-order valence-electron chi connectivity index (χ0n) is 11.1. The second-order valence-electron chi connectivity index (χ2n) is 5.04. The van der Waals surface area contributed by atoms with Crippen molar-refractivity contribution in [1.29, 1.82) is 0 Å². The molecule has 2 aromatic heterocycles. The highest BCUT2D eigenvalue weighted by Crippen LogP contribution is 2.27. The Labute approximate surface area is 107 Å². The summed E-state index contributed by atoms with van der Waals surface area (Å²) >= 11 is 0.